The molecule has 2 unspecified atom stereocenters. The molecule has 1 aromatic heterocycles. The van der Waals surface area contributed by atoms with Gasteiger partial charge in [0.1, 0.15) is 18.3 Å². The van der Waals surface area contributed by atoms with Gasteiger partial charge in [-0.15, -0.1) is 0 Å². The van der Waals surface area contributed by atoms with Crippen molar-refractivity contribution in [1.29, 1.82) is 0 Å². The number of aromatic amines is 1. The molecular formula is C13H21N2O9P. The van der Waals surface area contributed by atoms with Crippen LogP contribution in [-0.4, -0.2) is 57.7 Å². The Bertz CT molecular complexity index is 746. The predicted molar refractivity (Wildman–Crippen MR) is 84.0 cm³/mol. The molecule has 2 rings (SSSR count). The molecule has 0 amide bonds. The fourth-order valence-electron chi connectivity index (χ4n) is 2.53. The number of ether oxygens (including phenoxy) is 2. The molecule has 5 atom stereocenters. The summed E-state index contributed by atoms with van der Waals surface area (Å²) in [5.74, 6) is 0. The predicted octanol–water partition coefficient (Wildman–Crippen LogP) is -0.648. The van der Waals surface area contributed by atoms with Gasteiger partial charge in [0.25, 0.3) is 5.56 Å². The molecule has 1 saturated heterocycles. The Morgan fingerprint density at radius 1 is 1.40 bits per heavy atom. The van der Waals surface area contributed by atoms with E-state index in [1.54, 1.807) is 13.8 Å². The van der Waals surface area contributed by atoms with E-state index in [0.717, 1.165) is 10.6 Å². The number of phosphoric acid groups is 1. The molecule has 12 heteroatoms. The summed E-state index contributed by atoms with van der Waals surface area (Å²) >= 11 is 0. The molecule has 142 valence electrons. The molecule has 0 aromatic carbocycles. The number of hydrogen-bond acceptors (Lipinski definition) is 8. The van der Waals surface area contributed by atoms with Crippen molar-refractivity contribution in [3.63, 3.8) is 0 Å². The minimum absolute atomic E-state index is 0.555. The smallest absolute Gasteiger partial charge is 0.394 e. The summed E-state index contributed by atoms with van der Waals surface area (Å²) in [5.41, 5.74) is -1.35. The molecule has 3 N–H and O–H groups in total. The van der Waals surface area contributed by atoms with Crippen LogP contribution in [0.3, 0.4) is 0 Å². The maximum absolute atomic E-state index is 12.1. The lowest BCUT2D eigenvalue weighted by Crippen LogP contribution is -2.39. The van der Waals surface area contributed by atoms with E-state index in [1.807, 2.05) is 0 Å². The maximum Gasteiger partial charge on any atom is 0.472 e. The Morgan fingerprint density at radius 3 is 2.60 bits per heavy atom. The van der Waals surface area contributed by atoms with Crippen molar-refractivity contribution in [3.05, 3.63) is 33.1 Å². The third-order valence-electron chi connectivity index (χ3n) is 3.46. The average molecular weight is 380 g/mol. The number of aliphatic hydroxyl groups excluding tert-OH is 1. The van der Waals surface area contributed by atoms with Crippen LogP contribution in [0.1, 0.15) is 20.1 Å². The molecule has 1 aliphatic heterocycles. The Morgan fingerprint density at radius 2 is 2.08 bits per heavy atom. The molecule has 0 saturated carbocycles. The van der Waals surface area contributed by atoms with E-state index in [9.17, 15) is 24.2 Å². The Labute approximate surface area is 142 Å². The Kier molecular flexibility index (Phi) is 6.33. The summed E-state index contributed by atoms with van der Waals surface area (Å²) in [6, 6.07) is 1.11. The number of nitrogens with zero attached hydrogens (tertiary/aromatic N) is 1. The zero-order valence-electron chi connectivity index (χ0n) is 13.9. The molecule has 2 heterocycles. The third-order valence-corrected chi connectivity index (χ3v) is 4.66. The molecule has 1 aliphatic rings. The minimum atomic E-state index is -4.45. The highest BCUT2D eigenvalue weighted by Gasteiger charge is 2.50. The van der Waals surface area contributed by atoms with Crippen LogP contribution in [0.25, 0.3) is 0 Å². The van der Waals surface area contributed by atoms with Crippen molar-refractivity contribution in [1.82, 2.24) is 9.55 Å². The second-order valence-electron chi connectivity index (χ2n) is 5.66. The molecule has 1 fully saturated rings. The van der Waals surface area contributed by atoms with E-state index in [0.29, 0.717) is 0 Å². The molecule has 0 radical (unpaired) electrons. The van der Waals surface area contributed by atoms with Crippen LogP contribution in [0, 0.1) is 0 Å². The number of nitrogens with one attached hydrogen (secondary N) is 1. The van der Waals surface area contributed by atoms with Gasteiger partial charge in [0, 0.05) is 19.4 Å². The number of aliphatic hydroxyl groups is 1. The SMILES string of the molecule is COC1[C@@H](OP(=O)(O)OC(C)C)[C@H](CO)O[C@H]1n1ccc(=O)[nH]c1=O. The van der Waals surface area contributed by atoms with Crippen LogP contribution in [0.15, 0.2) is 21.9 Å². The molecule has 0 bridgehead atoms. The van der Waals surface area contributed by atoms with E-state index in [-0.39, 0.29) is 0 Å². The number of aromatic nitrogens is 2. The van der Waals surface area contributed by atoms with Crippen LogP contribution in [0.2, 0.25) is 0 Å². The van der Waals surface area contributed by atoms with Crippen LogP contribution < -0.4 is 11.2 Å². The van der Waals surface area contributed by atoms with Gasteiger partial charge in [-0.3, -0.25) is 23.4 Å². The summed E-state index contributed by atoms with van der Waals surface area (Å²) in [6.07, 6.45) is -3.73. The second kappa shape index (κ2) is 7.92. The lowest BCUT2D eigenvalue weighted by molar-refractivity contribution is -0.0625. The first-order valence-corrected chi connectivity index (χ1v) is 8.98. The summed E-state index contributed by atoms with van der Waals surface area (Å²) in [6.45, 7) is 2.55. The van der Waals surface area contributed by atoms with Crippen LogP contribution >= 0.6 is 7.82 Å². The first-order valence-electron chi connectivity index (χ1n) is 7.48. The highest BCUT2D eigenvalue weighted by Crippen LogP contribution is 2.49. The van der Waals surface area contributed by atoms with Gasteiger partial charge in [0.2, 0.25) is 0 Å². The van der Waals surface area contributed by atoms with Crippen molar-refractivity contribution >= 4 is 7.82 Å². The first kappa shape index (κ1) is 20.0. The molecule has 0 spiro atoms. The van der Waals surface area contributed by atoms with Gasteiger partial charge in [-0.05, 0) is 13.8 Å². The van der Waals surface area contributed by atoms with E-state index in [1.165, 1.54) is 13.3 Å². The topological polar surface area (TPSA) is 149 Å². The fraction of sp³-hybridized carbons (Fsp3) is 0.692. The van der Waals surface area contributed by atoms with Crippen molar-refractivity contribution in [3.8, 4) is 0 Å². The number of H-pyrrole nitrogens is 1. The van der Waals surface area contributed by atoms with Crippen molar-refractivity contribution in [2.45, 2.75) is 44.5 Å². The van der Waals surface area contributed by atoms with Gasteiger partial charge in [-0.1, -0.05) is 0 Å². The van der Waals surface area contributed by atoms with Gasteiger partial charge in [-0.25, -0.2) is 9.36 Å². The lowest BCUT2D eigenvalue weighted by Gasteiger charge is -2.25. The van der Waals surface area contributed by atoms with Gasteiger partial charge < -0.3 is 19.5 Å². The number of phosphoric ester groups is 1. The summed E-state index contributed by atoms with van der Waals surface area (Å²) < 4.78 is 33.9. The standard InChI is InChI=1S/C13H21N2O9P/c1-7(2)23-25(19,20)24-10-8(6-16)22-12(11(10)21-3)15-5-4-9(17)14-13(15)18/h4-5,7-8,10-12,16H,6H2,1-3H3,(H,19,20)(H,14,17,18)/t8-,10-,11?,12+/m0/s1. The third kappa shape index (κ3) is 4.64. The van der Waals surface area contributed by atoms with Gasteiger partial charge in [-0.2, -0.15) is 0 Å². The Balaban J connectivity index is 2.32. The maximum atomic E-state index is 12.1. The van der Waals surface area contributed by atoms with Gasteiger partial charge in [0.05, 0.1) is 12.7 Å². The summed E-state index contributed by atoms with van der Waals surface area (Å²) in [5, 5.41) is 9.49. The highest BCUT2D eigenvalue weighted by atomic mass is 31.2. The molecule has 11 nitrogen and oxygen atoms in total. The van der Waals surface area contributed by atoms with Crippen LogP contribution in [0.4, 0.5) is 0 Å². The molecule has 25 heavy (non-hydrogen) atoms. The Hall–Kier alpha value is -1.33. The van der Waals surface area contributed by atoms with E-state index >= 15 is 0 Å². The second-order valence-corrected chi connectivity index (χ2v) is 7.02. The number of hydrogen-bond donors (Lipinski definition) is 3. The van der Waals surface area contributed by atoms with Crippen LogP contribution in [0.5, 0.6) is 0 Å². The summed E-state index contributed by atoms with van der Waals surface area (Å²) in [4.78, 5) is 35.0. The molecule has 1 aromatic rings. The van der Waals surface area contributed by atoms with Gasteiger partial charge in [0.15, 0.2) is 6.23 Å². The average Bonchev–Trinajstić information content (AvgIpc) is 2.82. The van der Waals surface area contributed by atoms with E-state index < -0.39 is 56.3 Å². The van der Waals surface area contributed by atoms with Crippen LogP contribution in [-0.2, 0) is 23.1 Å². The van der Waals surface area contributed by atoms with Gasteiger partial charge >= 0.3 is 13.5 Å². The molecular weight excluding hydrogens is 359 g/mol. The highest BCUT2D eigenvalue weighted by molar-refractivity contribution is 7.47. The van der Waals surface area contributed by atoms with Crippen molar-refractivity contribution < 1.29 is 33.1 Å². The summed E-state index contributed by atoms with van der Waals surface area (Å²) in [7, 11) is -3.16. The lowest BCUT2D eigenvalue weighted by atomic mass is 10.1. The number of rotatable bonds is 7. The van der Waals surface area contributed by atoms with Crippen molar-refractivity contribution in [2.24, 2.45) is 0 Å². The van der Waals surface area contributed by atoms with Crippen molar-refractivity contribution in [2.75, 3.05) is 13.7 Å². The molecule has 0 aliphatic carbocycles. The normalized spacial score (nSPS) is 29.0. The largest absolute Gasteiger partial charge is 0.472 e. The van der Waals surface area contributed by atoms with E-state index in [4.69, 9.17) is 18.5 Å². The zero-order chi connectivity index (χ0) is 18.8. The van der Waals surface area contributed by atoms with E-state index in [2.05, 4.69) is 4.98 Å². The first-order chi connectivity index (χ1) is 11.7. The number of methoxy groups -OCH3 is 1. The minimum Gasteiger partial charge on any atom is -0.394 e. The quantitative estimate of drug-likeness (QED) is 0.525. The zero-order valence-corrected chi connectivity index (χ0v) is 14.8. The monoisotopic (exact) mass is 380 g/mol. The fourth-order valence-corrected chi connectivity index (χ4v) is 3.68.